The molecule has 1 heterocycles. The lowest BCUT2D eigenvalue weighted by molar-refractivity contribution is 0.424. The molecule has 2 aromatic rings. The van der Waals surface area contributed by atoms with Crippen LogP contribution >= 0.6 is 23.3 Å². The van der Waals surface area contributed by atoms with Gasteiger partial charge in [0.25, 0.3) is 0 Å². The van der Waals surface area contributed by atoms with E-state index in [1.54, 1.807) is 0 Å². The van der Waals surface area contributed by atoms with Crippen molar-refractivity contribution >= 4 is 23.3 Å². The molecule has 0 aliphatic carbocycles. The molecule has 0 bridgehead atoms. The normalized spacial score (nSPS) is 11.3. The molecular weight excluding hydrogens is 288 g/mol. The molecule has 6 heteroatoms. The first kappa shape index (κ1) is 15.0. The second kappa shape index (κ2) is 6.35. The fourth-order valence-electron chi connectivity index (χ4n) is 1.53. The van der Waals surface area contributed by atoms with Gasteiger partial charge in [0.15, 0.2) is 4.34 Å². The first-order valence-corrected chi connectivity index (χ1v) is 7.79. The van der Waals surface area contributed by atoms with Gasteiger partial charge in [0.05, 0.1) is 5.56 Å². The maximum atomic E-state index is 9.28. The molecule has 0 unspecified atom stereocenters. The highest BCUT2D eigenvalue weighted by atomic mass is 32.2. The van der Waals surface area contributed by atoms with Crippen molar-refractivity contribution in [3.63, 3.8) is 0 Å². The third-order valence-corrected chi connectivity index (χ3v) is 4.32. The van der Waals surface area contributed by atoms with E-state index in [2.05, 4.69) is 41.5 Å². The van der Waals surface area contributed by atoms with Crippen LogP contribution in [-0.2, 0) is 6.54 Å². The summed E-state index contributed by atoms with van der Waals surface area (Å²) in [5.74, 6) is 0. The van der Waals surface area contributed by atoms with Gasteiger partial charge in [-0.05, 0) is 50.0 Å². The second-order valence-electron chi connectivity index (χ2n) is 5.36. The van der Waals surface area contributed by atoms with Crippen molar-refractivity contribution in [1.29, 1.82) is 5.26 Å². The lowest BCUT2D eigenvalue weighted by Crippen LogP contribution is -2.35. The van der Waals surface area contributed by atoms with Gasteiger partial charge < -0.3 is 5.32 Å². The zero-order chi connectivity index (χ0) is 14.6. The predicted molar refractivity (Wildman–Crippen MR) is 81.8 cm³/mol. The number of hydrogen-bond acceptors (Lipinski definition) is 6. The number of hydrogen-bond donors (Lipinski definition) is 1. The highest BCUT2D eigenvalue weighted by molar-refractivity contribution is 8.01. The molecule has 20 heavy (non-hydrogen) atoms. The van der Waals surface area contributed by atoms with Gasteiger partial charge in [0, 0.05) is 17.0 Å². The molecule has 0 saturated heterocycles. The van der Waals surface area contributed by atoms with Crippen molar-refractivity contribution in [2.75, 3.05) is 0 Å². The zero-order valence-corrected chi connectivity index (χ0v) is 13.3. The monoisotopic (exact) mass is 304 g/mol. The quantitative estimate of drug-likeness (QED) is 0.937. The van der Waals surface area contributed by atoms with Gasteiger partial charge in [-0.25, -0.2) is 4.98 Å². The Morgan fingerprint density at radius 2 is 2.20 bits per heavy atom. The highest BCUT2D eigenvalue weighted by Crippen LogP contribution is 2.31. The lowest BCUT2D eigenvalue weighted by atomic mass is 10.1. The molecule has 1 aromatic carbocycles. The van der Waals surface area contributed by atoms with Crippen molar-refractivity contribution in [1.82, 2.24) is 14.7 Å². The second-order valence-corrected chi connectivity index (χ2v) is 7.42. The number of nitrogens with one attached hydrogen (secondary N) is 1. The van der Waals surface area contributed by atoms with Crippen molar-refractivity contribution in [2.24, 2.45) is 0 Å². The summed E-state index contributed by atoms with van der Waals surface area (Å²) in [7, 11) is 0. The van der Waals surface area contributed by atoms with Gasteiger partial charge in [-0.2, -0.15) is 9.64 Å². The molecule has 2 rings (SSSR count). The van der Waals surface area contributed by atoms with Crippen LogP contribution < -0.4 is 5.32 Å². The number of nitriles is 1. The molecular formula is C14H16N4S2. The summed E-state index contributed by atoms with van der Waals surface area (Å²) in [6, 6.07) is 8.21. The third kappa shape index (κ3) is 4.30. The molecule has 0 radical (unpaired) electrons. The largest absolute Gasteiger partial charge is 0.308 e. The molecule has 0 atom stereocenters. The fraction of sp³-hybridized carbons (Fsp3) is 0.357. The first-order valence-electron chi connectivity index (χ1n) is 6.20. The Labute approximate surface area is 127 Å². The smallest absolute Gasteiger partial charge is 0.174 e. The molecule has 0 amide bonds. The van der Waals surface area contributed by atoms with Crippen molar-refractivity contribution < 1.29 is 0 Å². The van der Waals surface area contributed by atoms with Crippen LogP contribution in [0, 0.1) is 11.3 Å². The number of nitrogens with zero attached hydrogens (tertiary/aromatic N) is 3. The van der Waals surface area contributed by atoms with Gasteiger partial charge >= 0.3 is 0 Å². The first-order chi connectivity index (χ1) is 9.48. The van der Waals surface area contributed by atoms with Crippen molar-refractivity contribution in [2.45, 2.75) is 42.1 Å². The molecule has 0 aliphatic rings. The minimum Gasteiger partial charge on any atom is -0.308 e. The summed E-state index contributed by atoms with van der Waals surface area (Å²) in [6.07, 6.45) is 1.53. The Balaban J connectivity index is 2.14. The van der Waals surface area contributed by atoms with E-state index in [9.17, 15) is 5.26 Å². The van der Waals surface area contributed by atoms with Gasteiger partial charge in [-0.1, -0.05) is 17.8 Å². The van der Waals surface area contributed by atoms with E-state index in [0.717, 1.165) is 21.3 Å². The maximum Gasteiger partial charge on any atom is 0.174 e. The summed E-state index contributed by atoms with van der Waals surface area (Å²) in [6.45, 7) is 7.12. The van der Waals surface area contributed by atoms with Gasteiger partial charge in [0.1, 0.15) is 12.4 Å². The summed E-state index contributed by atoms with van der Waals surface area (Å²) in [5.41, 5.74) is 1.85. The average molecular weight is 304 g/mol. The Hall–Kier alpha value is -1.42. The van der Waals surface area contributed by atoms with Crippen LogP contribution in [0.2, 0.25) is 0 Å². The van der Waals surface area contributed by atoms with E-state index in [1.165, 1.54) is 29.6 Å². The minimum absolute atomic E-state index is 0.0623. The lowest BCUT2D eigenvalue weighted by Gasteiger charge is -2.20. The van der Waals surface area contributed by atoms with Crippen LogP contribution in [0.1, 0.15) is 31.9 Å². The topological polar surface area (TPSA) is 61.6 Å². The van der Waals surface area contributed by atoms with E-state index in [1.807, 2.05) is 18.2 Å². The molecule has 0 spiro atoms. The fourth-order valence-corrected chi connectivity index (χ4v) is 3.00. The molecule has 1 N–H and O–H groups in total. The van der Waals surface area contributed by atoms with E-state index in [0.29, 0.717) is 5.56 Å². The molecule has 0 aliphatic heterocycles. The highest BCUT2D eigenvalue weighted by Gasteiger charge is 2.11. The molecule has 4 nitrogen and oxygen atoms in total. The zero-order valence-electron chi connectivity index (χ0n) is 11.7. The Bertz CT molecular complexity index is 609. The Morgan fingerprint density at radius 1 is 1.40 bits per heavy atom. The summed E-state index contributed by atoms with van der Waals surface area (Å²) in [4.78, 5) is 5.05. The van der Waals surface area contributed by atoms with E-state index in [4.69, 9.17) is 0 Å². The van der Waals surface area contributed by atoms with Crippen LogP contribution in [0.15, 0.2) is 33.8 Å². The molecule has 0 fully saturated rings. The van der Waals surface area contributed by atoms with Gasteiger partial charge in [-0.3, -0.25) is 0 Å². The average Bonchev–Trinajstić information content (AvgIpc) is 2.89. The van der Waals surface area contributed by atoms with Crippen LogP contribution in [0.25, 0.3) is 0 Å². The SMILES string of the molecule is CC(C)(C)NCc1ccc(Sc2ncns2)c(C#N)c1. The van der Waals surface area contributed by atoms with Crippen molar-refractivity contribution in [3.05, 3.63) is 35.7 Å². The Morgan fingerprint density at radius 3 is 2.80 bits per heavy atom. The maximum absolute atomic E-state index is 9.28. The number of aromatic nitrogens is 2. The molecule has 104 valence electrons. The van der Waals surface area contributed by atoms with E-state index >= 15 is 0 Å². The summed E-state index contributed by atoms with van der Waals surface area (Å²) < 4.78 is 4.81. The predicted octanol–water partition coefficient (Wildman–Crippen LogP) is 3.45. The van der Waals surface area contributed by atoms with Crippen LogP contribution in [0.4, 0.5) is 0 Å². The summed E-state index contributed by atoms with van der Waals surface area (Å²) >= 11 is 2.81. The van der Waals surface area contributed by atoms with Gasteiger partial charge in [-0.15, -0.1) is 0 Å². The number of rotatable bonds is 4. The van der Waals surface area contributed by atoms with E-state index < -0.39 is 0 Å². The Kier molecular flexibility index (Phi) is 4.76. The standard InChI is InChI=1S/C14H16N4S2/c1-14(2,3)17-8-10-4-5-12(11(6-10)7-15)19-13-16-9-18-20-13/h4-6,9,17H,8H2,1-3H3. The van der Waals surface area contributed by atoms with Gasteiger partial charge in [0.2, 0.25) is 0 Å². The molecule has 0 saturated carbocycles. The van der Waals surface area contributed by atoms with Crippen LogP contribution in [0.3, 0.4) is 0 Å². The third-order valence-electron chi connectivity index (χ3n) is 2.53. The van der Waals surface area contributed by atoms with Crippen LogP contribution in [0.5, 0.6) is 0 Å². The van der Waals surface area contributed by atoms with E-state index in [-0.39, 0.29) is 5.54 Å². The van der Waals surface area contributed by atoms with Crippen molar-refractivity contribution in [3.8, 4) is 6.07 Å². The summed E-state index contributed by atoms with van der Waals surface area (Å²) in [5, 5.41) is 12.7. The number of benzene rings is 1. The minimum atomic E-state index is 0.0623. The van der Waals surface area contributed by atoms with Crippen LogP contribution in [-0.4, -0.2) is 14.9 Å². The molecule has 1 aromatic heterocycles.